The monoisotopic (exact) mass is 165 g/mol. The molecule has 0 unspecified atom stereocenters. The molecule has 0 bridgehead atoms. The van der Waals surface area contributed by atoms with Gasteiger partial charge in [0.25, 0.3) is 0 Å². The van der Waals surface area contributed by atoms with Crippen LogP contribution >= 0.6 is 0 Å². The maximum atomic E-state index is 13.0. The number of hydrogen-bond donors (Lipinski definition) is 1. The van der Waals surface area contributed by atoms with E-state index in [4.69, 9.17) is 12.3 Å². The van der Waals surface area contributed by atoms with Crippen LogP contribution in [0.4, 0.5) is 4.39 Å². The van der Waals surface area contributed by atoms with Crippen molar-refractivity contribution in [3.63, 3.8) is 0 Å². The molecule has 1 aromatic rings. The molecule has 0 aliphatic rings. The molecular weight excluding hydrogens is 157 g/mol. The highest BCUT2D eigenvalue weighted by Gasteiger charge is 2.01. The third-order valence-electron chi connectivity index (χ3n) is 1.46. The van der Waals surface area contributed by atoms with Gasteiger partial charge in [-0.05, 0) is 12.1 Å². The Bertz CT molecular complexity index is 317. The van der Waals surface area contributed by atoms with E-state index < -0.39 is 5.82 Å². The van der Waals surface area contributed by atoms with Gasteiger partial charge in [-0.25, -0.2) is 10.3 Å². The molecule has 0 atom stereocenters. The summed E-state index contributed by atoms with van der Waals surface area (Å²) in [6.07, 6.45) is 5.07. The van der Waals surface area contributed by atoms with Gasteiger partial charge in [0.05, 0.1) is 6.61 Å². The number of rotatable bonds is 2. The molecule has 0 amide bonds. The summed E-state index contributed by atoms with van der Waals surface area (Å²) in [6.45, 7) is 0.0523. The van der Waals surface area contributed by atoms with Gasteiger partial charge in [0, 0.05) is 11.1 Å². The first-order chi connectivity index (χ1) is 5.77. The molecule has 0 saturated heterocycles. The van der Waals surface area contributed by atoms with Gasteiger partial charge in [0.15, 0.2) is 0 Å². The fourth-order valence-corrected chi connectivity index (χ4v) is 0.844. The Kier molecular flexibility index (Phi) is 2.81. The van der Waals surface area contributed by atoms with E-state index in [1.165, 1.54) is 6.07 Å². The first-order valence-electron chi connectivity index (χ1n) is 3.34. The third-order valence-corrected chi connectivity index (χ3v) is 1.46. The highest BCUT2D eigenvalue weighted by molar-refractivity contribution is 5.34. The second-order valence-corrected chi connectivity index (χ2v) is 2.26. The normalized spacial score (nSPS) is 9.42. The van der Waals surface area contributed by atoms with Gasteiger partial charge in [-0.1, -0.05) is 12.0 Å². The molecule has 1 aromatic carbocycles. The van der Waals surface area contributed by atoms with Crippen molar-refractivity contribution in [2.24, 2.45) is 5.90 Å². The van der Waals surface area contributed by atoms with Crippen LogP contribution in [-0.2, 0) is 11.4 Å². The Hall–Kier alpha value is -1.37. The number of terminal acetylenes is 1. The van der Waals surface area contributed by atoms with E-state index in [9.17, 15) is 4.39 Å². The highest BCUT2D eigenvalue weighted by atomic mass is 19.1. The summed E-state index contributed by atoms with van der Waals surface area (Å²) in [5, 5.41) is 0. The van der Waals surface area contributed by atoms with Gasteiger partial charge in [0.1, 0.15) is 5.82 Å². The lowest BCUT2D eigenvalue weighted by Gasteiger charge is -2.00. The zero-order valence-electron chi connectivity index (χ0n) is 6.38. The number of benzene rings is 1. The fourth-order valence-electron chi connectivity index (χ4n) is 0.844. The van der Waals surface area contributed by atoms with Crippen LogP contribution in [0.3, 0.4) is 0 Å². The molecule has 0 spiro atoms. The minimum absolute atomic E-state index is 0.0523. The summed E-state index contributed by atoms with van der Waals surface area (Å²) in [5.74, 6) is 6.73. The minimum atomic E-state index is -0.393. The summed E-state index contributed by atoms with van der Waals surface area (Å²) >= 11 is 0. The fraction of sp³-hybridized carbons (Fsp3) is 0.111. The van der Waals surface area contributed by atoms with Crippen LogP contribution in [-0.4, -0.2) is 0 Å². The molecule has 0 fully saturated rings. The first-order valence-corrected chi connectivity index (χ1v) is 3.34. The highest BCUT2D eigenvalue weighted by Crippen LogP contribution is 2.09. The quantitative estimate of drug-likeness (QED) is 0.528. The Morgan fingerprint density at radius 2 is 2.33 bits per heavy atom. The molecule has 0 aliphatic carbocycles. The molecule has 12 heavy (non-hydrogen) atoms. The summed E-state index contributed by atoms with van der Waals surface area (Å²) in [4.78, 5) is 4.29. The van der Waals surface area contributed by atoms with Crippen molar-refractivity contribution < 1.29 is 9.23 Å². The molecule has 0 heterocycles. The van der Waals surface area contributed by atoms with Crippen molar-refractivity contribution in [3.05, 3.63) is 35.1 Å². The topological polar surface area (TPSA) is 35.2 Å². The molecule has 2 nitrogen and oxygen atoms in total. The van der Waals surface area contributed by atoms with Crippen molar-refractivity contribution in [2.45, 2.75) is 6.61 Å². The van der Waals surface area contributed by atoms with E-state index in [2.05, 4.69) is 10.8 Å². The molecule has 0 radical (unpaired) electrons. The predicted octanol–water partition coefficient (Wildman–Crippen LogP) is 1.20. The van der Waals surface area contributed by atoms with E-state index in [0.717, 1.165) is 0 Å². The molecule has 0 aliphatic heterocycles. The van der Waals surface area contributed by atoms with E-state index in [1.807, 2.05) is 0 Å². The van der Waals surface area contributed by atoms with Gasteiger partial charge in [0.2, 0.25) is 0 Å². The van der Waals surface area contributed by atoms with Crippen molar-refractivity contribution in [1.82, 2.24) is 0 Å². The molecule has 1 rings (SSSR count). The second-order valence-electron chi connectivity index (χ2n) is 2.26. The van der Waals surface area contributed by atoms with Crippen LogP contribution < -0.4 is 5.90 Å². The van der Waals surface area contributed by atoms with Crippen molar-refractivity contribution in [1.29, 1.82) is 0 Å². The van der Waals surface area contributed by atoms with Crippen molar-refractivity contribution >= 4 is 0 Å². The van der Waals surface area contributed by atoms with Crippen LogP contribution in [0.25, 0.3) is 0 Å². The van der Waals surface area contributed by atoms with Crippen LogP contribution in [0, 0.1) is 18.2 Å². The lowest BCUT2D eigenvalue weighted by molar-refractivity contribution is 0.121. The summed E-state index contributed by atoms with van der Waals surface area (Å²) in [6, 6.07) is 4.46. The molecule has 0 saturated carbocycles. The Balaban J connectivity index is 2.97. The zero-order valence-corrected chi connectivity index (χ0v) is 6.38. The van der Waals surface area contributed by atoms with Gasteiger partial charge in [-0.15, -0.1) is 6.42 Å². The smallest absolute Gasteiger partial charge is 0.130 e. The SMILES string of the molecule is C#Cc1ccc(CON)c(F)c1. The average molecular weight is 165 g/mol. The van der Waals surface area contributed by atoms with E-state index >= 15 is 0 Å². The average Bonchev–Trinajstić information content (AvgIpc) is 2.09. The largest absolute Gasteiger partial charge is 0.300 e. The van der Waals surface area contributed by atoms with Gasteiger partial charge in [-0.3, -0.25) is 4.84 Å². The first kappa shape index (κ1) is 8.72. The van der Waals surface area contributed by atoms with Crippen LogP contribution in [0.1, 0.15) is 11.1 Å². The maximum absolute atomic E-state index is 13.0. The van der Waals surface area contributed by atoms with E-state index in [0.29, 0.717) is 11.1 Å². The number of nitrogens with two attached hydrogens (primary N) is 1. The molecule has 3 heteroatoms. The van der Waals surface area contributed by atoms with Gasteiger partial charge >= 0.3 is 0 Å². The van der Waals surface area contributed by atoms with Crippen molar-refractivity contribution in [3.8, 4) is 12.3 Å². The van der Waals surface area contributed by atoms with Crippen molar-refractivity contribution in [2.75, 3.05) is 0 Å². The lowest BCUT2D eigenvalue weighted by Crippen LogP contribution is -2.01. The van der Waals surface area contributed by atoms with E-state index in [1.54, 1.807) is 12.1 Å². The molecular formula is C9H8FNO. The molecule has 0 aromatic heterocycles. The number of halogens is 1. The van der Waals surface area contributed by atoms with Crippen LogP contribution in [0.2, 0.25) is 0 Å². The van der Waals surface area contributed by atoms with Crippen LogP contribution in [0.15, 0.2) is 18.2 Å². The minimum Gasteiger partial charge on any atom is -0.300 e. The predicted molar refractivity (Wildman–Crippen MR) is 43.3 cm³/mol. The summed E-state index contributed by atoms with van der Waals surface area (Å²) < 4.78 is 13.0. The second kappa shape index (κ2) is 3.86. The maximum Gasteiger partial charge on any atom is 0.130 e. The Morgan fingerprint density at radius 1 is 1.58 bits per heavy atom. The summed E-state index contributed by atoms with van der Waals surface area (Å²) in [7, 11) is 0. The standard InChI is InChI=1S/C9H8FNO/c1-2-7-3-4-8(6-12-11)9(10)5-7/h1,3-5H,6,11H2. The molecule has 62 valence electrons. The summed E-state index contributed by atoms with van der Waals surface area (Å²) in [5.41, 5.74) is 0.907. The Morgan fingerprint density at radius 3 is 2.83 bits per heavy atom. The number of hydrogen-bond acceptors (Lipinski definition) is 2. The third kappa shape index (κ3) is 1.82. The van der Waals surface area contributed by atoms with E-state index in [-0.39, 0.29) is 6.61 Å². The Labute approximate surface area is 70.1 Å². The van der Waals surface area contributed by atoms with Gasteiger partial charge in [-0.2, -0.15) is 0 Å². The van der Waals surface area contributed by atoms with Crippen LogP contribution in [0.5, 0.6) is 0 Å². The van der Waals surface area contributed by atoms with Gasteiger partial charge < -0.3 is 0 Å². The zero-order chi connectivity index (χ0) is 8.97. The molecule has 2 N–H and O–H groups in total. The lowest BCUT2D eigenvalue weighted by atomic mass is 10.1.